The number of hydrogen-bond donors (Lipinski definition) is 0. The van der Waals surface area contributed by atoms with Gasteiger partial charge in [0.25, 0.3) is 11.6 Å². The van der Waals surface area contributed by atoms with Crippen molar-refractivity contribution in [3.8, 4) is 5.75 Å². The number of hydroxylamine groups is 1. The van der Waals surface area contributed by atoms with E-state index in [1.165, 1.54) is 12.1 Å². The van der Waals surface area contributed by atoms with Gasteiger partial charge in [-0.1, -0.05) is 60.7 Å². The minimum atomic E-state index is -1.55. The van der Waals surface area contributed by atoms with Crippen LogP contribution in [0.4, 0.5) is 17.1 Å². The number of carbonyl (C=O) groups excluding carboxylic acids is 2. The van der Waals surface area contributed by atoms with E-state index in [9.17, 15) is 19.7 Å². The molecular weight excluding hydrogens is 498 g/mol. The summed E-state index contributed by atoms with van der Waals surface area (Å²) in [6.07, 6.45) is -1.22. The molecule has 4 aromatic rings. The highest BCUT2D eigenvalue weighted by Crippen LogP contribution is 2.57. The molecule has 0 N–H and O–H groups in total. The Morgan fingerprint density at radius 3 is 1.97 bits per heavy atom. The second kappa shape index (κ2) is 9.38. The predicted octanol–water partition coefficient (Wildman–Crippen LogP) is 4.98. The number of anilines is 2. The fraction of sp³-hybridized carbons (Fsp3) is 0.133. The summed E-state index contributed by atoms with van der Waals surface area (Å²) in [7, 11) is 1.56. The van der Waals surface area contributed by atoms with Crippen LogP contribution in [0, 0.1) is 10.1 Å². The Morgan fingerprint density at radius 1 is 0.821 bits per heavy atom. The number of ether oxygens (including phenoxy) is 1. The second-order valence-corrected chi connectivity index (χ2v) is 9.31. The molecule has 0 saturated carbocycles. The maximum Gasteiger partial charge on any atom is 0.269 e. The number of para-hydroxylation sites is 2. The van der Waals surface area contributed by atoms with Crippen LogP contribution in [0.5, 0.6) is 5.75 Å². The standard InChI is InChI=1S/C30H23N3O6/c1-38-25-18-12-20(13-19-25)26-30(21-14-16-24(17-15-21)33(36)37)27(39-32(26)23-10-6-3-7-11-23)28(34)31(29(30)35)22-8-4-2-5-9-22/h2-19,26-27H,1H3/t26-,27+,30-/m0/s1. The van der Waals surface area contributed by atoms with Crippen LogP contribution in [0.25, 0.3) is 0 Å². The number of nitrogens with zero attached hydrogens (tertiary/aromatic N) is 3. The van der Waals surface area contributed by atoms with Gasteiger partial charge in [-0.25, -0.2) is 9.96 Å². The van der Waals surface area contributed by atoms with Gasteiger partial charge in [-0.05, 0) is 47.5 Å². The summed E-state index contributed by atoms with van der Waals surface area (Å²) in [5, 5.41) is 13.0. The average molecular weight is 522 g/mol. The molecule has 3 atom stereocenters. The van der Waals surface area contributed by atoms with Gasteiger partial charge in [0.2, 0.25) is 5.91 Å². The van der Waals surface area contributed by atoms with Gasteiger partial charge in [0.15, 0.2) is 6.10 Å². The van der Waals surface area contributed by atoms with Crippen molar-refractivity contribution >= 4 is 28.9 Å². The van der Waals surface area contributed by atoms with Crippen LogP contribution < -0.4 is 14.7 Å². The molecule has 2 amide bonds. The summed E-state index contributed by atoms with van der Waals surface area (Å²) in [5.74, 6) is -0.358. The Labute approximate surface area is 223 Å². The molecule has 9 nitrogen and oxygen atoms in total. The van der Waals surface area contributed by atoms with Gasteiger partial charge in [-0.3, -0.25) is 24.5 Å². The number of nitro groups is 1. The number of benzene rings is 4. The normalized spacial score (nSPS) is 22.2. The zero-order valence-corrected chi connectivity index (χ0v) is 20.8. The summed E-state index contributed by atoms with van der Waals surface area (Å²) in [4.78, 5) is 47.2. The Morgan fingerprint density at radius 2 is 1.41 bits per heavy atom. The number of imide groups is 1. The van der Waals surface area contributed by atoms with Crippen molar-refractivity contribution in [2.45, 2.75) is 17.6 Å². The van der Waals surface area contributed by atoms with E-state index in [0.29, 0.717) is 28.3 Å². The highest BCUT2D eigenvalue weighted by Gasteiger charge is 2.72. The number of amides is 2. The number of nitro benzene ring substituents is 1. The molecule has 194 valence electrons. The monoisotopic (exact) mass is 521 g/mol. The third-order valence-corrected chi connectivity index (χ3v) is 7.31. The lowest BCUT2D eigenvalue weighted by molar-refractivity contribution is -0.384. The van der Waals surface area contributed by atoms with Crippen LogP contribution in [0.15, 0.2) is 109 Å². The van der Waals surface area contributed by atoms with Crippen LogP contribution in [-0.2, 0) is 19.8 Å². The van der Waals surface area contributed by atoms with Crippen molar-refractivity contribution in [2.24, 2.45) is 0 Å². The first kappa shape index (κ1) is 24.3. The smallest absolute Gasteiger partial charge is 0.269 e. The van der Waals surface area contributed by atoms with Crippen molar-refractivity contribution in [1.82, 2.24) is 0 Å². The lowest BCUT2D eigenvalue weighted by atomic mass is 9.69. The third-order valence-electron chi connectivity index (χ3n) is 7.31. The zero-order chi connectivity index (χ0) is 27.1. The number of methoxy groups -OCH3 is 1. The number of fused-ring (bicyclic) bond motifs is 1. The predicted molar refractivity (Wildman–Crippen MR) is 143 cm³/mol. The maximum absolute atomic E-state index is 14.7. The number of carbonyl (C=O) groups is 2. The molecule has 2 aliphatic rings. The van der Waals surface area contributed by atoms with Gasteiger partial charge >= 0.3 is 0 Å². The Kier molecular flexibility index (Phi) is 5.85. The van der Waals surface area contributed by atoms with Crippen LogP contribution in [0.2, 0.25) is 0 Å². The molecule has 0 unspecified atom stereocenters. The molecule has 9 heteroatoms. The van der Waals surface area contributed by atoms with E-state index in [1.54, 1.807) is 66.8 Å². The van der Waals surface area contributed by atoms with E-state index in [1.807, 2.05) is 42.5 Å². The minimum absolute atomic E-state index is 0.122. The van der Waals surface area contributed by atoms with Crippen molar-refractivity contribution in [2.75, 3.05) is 17.1 Å². The van der Waals surface area contributed by atoms with Gasteiger partial charge in [0.1, 0.15) is 17.2 Å². The fourth-order valence-corrected chi connectivity index (χ4v) is 5.54. The third kappa shape index (κ3) is 3.66. The quantitative estimate of drug-likeness (QED) is 0.200. The van der Waals surface area contributed by atoms with Gasteiger partial charge < -0.3 is 4.74 Å². The van der Waals surface area contributed by atoms with Crippen LogP contribution in [0.3, 0.4) is 0 Å². The van der Waals surface area contributed by atoms with Crippen LogP contribution in [-0.4, -0.2) is 30.0 Å². The summed E-state index contributed by atoms with van der Waals surface area (Å²) in [6.45, 7) is 0. The molecule has 0 radical (unpaired) electrons. The molecule has 0 aromatic heterocycles. The van der Waals surface area contributed by atoms with Gasteiger partial charge in [-0.2, -0.15) is 0 Å². The fourth-order valence-electron chi connectivity index (χ4n) is 5.54. The summed E-state index contributed by atoms with van der Waals surface area (Å²) < 4.78 is 5.35. The molecular formula is C30H23N3O6. The first-order valence-electron chi connectivity index (χ1n) is 12.3. The molecule has 6 rings (SSSR count). The SMILES string of the molecule is COc1ccc([C@@H]2N(c3ccccc3)O[C@@H]3C(=O)N(c4ccccc4)C(=O)[C@]32c2ccc([N+](=O)[O-])cc2)cc1. The Hall–Kier alpha value is -5.02. The largest absolute Gasteiger partial charge is 0.497 e. The van der Waals surface area contributed by atoms with Crippen LogP contribution >= 0.6 is 0 Å². The second-order valence-electron chi connectivity index (χ2n) is 9.31. The highest BCUT2D eigenvalue weighted by molar-refractivity contribution is 6.28. The lowest BCUT2D eigenvalue weighted by Gasteiger charge is -2.35. The first-order chi connectivity index (χ1) is 19.0. The number of hydrogen-bond acceptors (Lipinski definition) is 7. The topological polar surface area (TPSA) is 102 Å². The number of rotatable bonds is 6. The average Bonchev–Trinajstić information content (AvgIpc) is 3.45. The minimum Gasteiger partial charge on any atom is -0.497 e. The van der Waals surface area contributed by atoms with Gasteiger partial charge in [-0.15, -0.1) is 0 Å². The molecule has 2 heterocycles. The highest BCUT2D eigenvalue weighted by atomic mass is 16.7. The van der Waals surface area contributed by atoms with E-state index < -0.39 is 34.3 Å². The summed E-state index contributed by atoms with van der Waals surface area (Å²) >= 11 is 0. The molecule has 2 fully saturated rings. The van der Waals surface area contributed by atoms with Crippen molar-refractivity contribution in [3.05, 3.63) is 130 Å². The molecule has 39 heavy (non-hydrogen) atoms. The van der Waals surface area contributed by atoms with Crippen molar-refractivity contribution < 1.29 is 24.1 Å². The lowest BCUT2D eigenvalue weighted by Crippen LogP contribution is -2.46. The van der Waals surface area contributed by atoms with Crippen molar-refractivity contribution in [1.29, 1.82) is 0 Å². The van der Waals surface area contributed by atoms with E-state index in [0.717, 1.165) is 4.90 Å². The molecule has 2 saturated heterocycles. The Bertz CT molecular complexity index is 1540. The number of non-ortho nitro benzene ring substituents is 1. The van der Waals surface area contributed by atoms with Crippen LogP contribution in [0.1, 0.15) is 17.2 Å². The molecule has 0 bridgehead atoms. The first-order valence-corrected chi connectivity index (χ1v) is 12.3. The summed E-state index contributed by atoms with van der Waals surface area (Å²) in [5.41, 5.74) is 0.549. The molecule has 0 spiro atoms. The van der Waals surface area contributed by atoms with E-state index >= 15 is 0 Å². The van der Waals surface area contributed by atoms with Gasteiger partial charge in [0.05, 0.1) is 23.4 Å². The van der Waals surface area contributed by atoms with E-state index in [2.05, 4.69) is 0 Å². The summed E-state index contributed by atoms with van der Waals surface area (Å²) in [6, 6.07) is 30.1. The van der Waals surface area contributed by atoms with E-state index in [4.69, 9.17) is 9.57 Å². The van der Waals surface area contributed by atoms with E-state index in [-0.39, 0.29) is 5.69 Å². The van der Waals surface area contributed by atoms with Gasteiger partial charge in [0, 0.05) is 12.1 Å². The molecule has 2 aliphatic heterocycles. The molecule has 0 aliphatic carbocycles. The molecule has 4 aromatic carbocycles. The zero-order valence-electron chi connectivity index (χ0n) is 20.8. The Balaban J connectivity index is 1.62. The maximum atomic E-state index is 14.7. The van der Waals surface area contributed by atoms with Crippen molar-refractivity contribution in [3.63, 3.8) is 0 Å².